The van der Waals surface area contributed by atoms with Gasteiger partial charge in [-0.05, 0) is 32.6 Å². The van der Waals surface area contributed by atoms with E-state index in [1.54, 1.807) is 0 Å². The molecule has 0 saturated heterocycles. The number of hydrogen-bond acceptors (Lipinski definition) is 3. The van der Waals surface area contributed by atoms with E-state index in [-0.39, 0.29) is 0 Å². The summed E-state index contributed by atoms with van der Waals surface area (Å²) in [5.41, 5.74) is 3.40. The molecule has 0 unspecified atom stereocenters. The van der Waals surface area contributed by atoms with Crippen LogP contribution < -0.4 is 5.32 Å². The second kappa shape index (κ2) is 5.29. The summed E-state index contributed by atoms with van der Waals surface area (Å²) in [6.45, 7) is 5.02. The Kier molecular flexibility index (Phi) is 3.76. The van der Waals surface area contributed by atoms with Crippen molar-refractivity contribution in [2.24, 2.45) is 0 Å². The second-order valence-corrected chi connectivity index (χ2v) is 4.55. The molecule has 0 aromatic carbocycles. The highest BCUT2D eigenvalue weighted by Gasteiger charge is 2.04. The summed E-state index contributed by atoms with van der Waals surface area (Å²) in [4.78, 5) is 6.87. The number of aryl methyl sites for hydroxylation is 1. The van der Waals surface area contributed by atoms with Crippen LogP contribution in [0.3, 0.4) is 0 Å². The first-order chi connectivity index (χ1) is 8.19. The van der Waals surface area contributed by atoms with Gasteiger partial charge in [0.1, 0.15) is 5.65 Å². The number of imidazole rings is 1. The summed E-state index contributed by atoms with van der Waals surface area (Å²) >= 11 is 0. The highest BCUT2D eigenvalue weighted by atomic mass is 15.1. The van der Waals surface area contributed by atoms with Crippen LogP contribution in [0.4, 0.5) is 0 Å². The van der Waals surface area contributed by atoms with Crippen molar-refractivity contribution in [3.05, 3.63) is 35.8 Å². The molecule has 2 aromatic heterocycles. The molecular weight excluding hydrogens is 212 g/mol. The average Bonchev–Trinajstić information content (AvgIpc) is 2.67. The maximum atomic E-state index is 4.60. The van der Waals surface area contributed by atoms with Crippen LogP contribution in [0.15, 0.2) is 24.5 Å². The Morgan fingerprint density at radius 1 is 1.35 bits per heavy atom. The van der Waals surface area contributed by atoms with Gasteiger partial charge >= 0.3 is 0 Å². The summed E-state index contributed by atoms with van der Waals surface area (Å²) in [5.74, 6) is 0. The molecule has 4 nitrogen and oxygen atoms in total. The Hall–Kier alpha value is -1.39. The fourth-order valence-corrected chi connectivity index (χ4v) is 1.89. The zero-order chi connectivity index (χ0) is 12.3. The molecule has 92 valence electrons. The molecule has 0 aliphatic carbocycles. The number of likely N-dealkylation sites (N-methyl/N-ethyl adjacent to an activating group) is 2. The van der Waals surface area contributed by atoms with E-state index in [1.165, 1.54) is 5.56 Å². The van der Waals surface area contributed by atoms with Gasteiger partial charge < -0.3 is 9.72 Å². The summed E-state index contributed by atoms with van der Waals surface area (Å²) in [5, 5.41) is 3.15. The molecule has 2 heterocycles. The van der Waals surface area contributed by atoms with E-state index in [0.29, 0.717) is 0 Å². The molecule has 2 aromatic rings. The molecule has 17 heavy (non-hydrogen) atoms. The monoisotopic (exact) mass is 232 g/mol. The lowest BCUT2D eigenvalue weighted by Crippen LogP contribution is -2.27. The van der Waals surface area contributed by atoms with Gasteiger partial charge in [-0.15, -0.1) is 0 Å². The van der Waals surface area contributed by atoms with Gasteiger partial charge in [0.2, 0.25) is 0 Å². The van der Waals surface area contributed by atoms with Crippen molar-refractivity contribution in [3.8, 4) is 0 Å². The van der Waals surface area contributed by atoms with Gasteiger partial charge in [0, 0.05) is 32.0 Å². The predicted octanol–water partition coefficient (Wildman–Crippen LogP) is 1.29. The molecule has 0 radical (unpaired) electrons. The van der Waals surface area contributed by atoms with Gasteiger partial charge in [-0.3, -0.25) is 4.90 Å². The number of nitrogens with one attached hydrogen (secondary N) is 1. The molecule has 0 bridgehead atoms. The first-order valence-electron chi connectivity index (χ1n) is 5.96. The van der Waals surface area contributed by atoms with Crippen LogP contribution in [0.25, 0.3) is 5.65 Å². The van der Waals surface area contributed by atoms with Crippen LogP contribution in [-0.2, 0) is 6.54 Å². The predicted molar refractivity (Wildman–Crippen MR) is 70.2 cm³/mol. The summed E-state index contributed by atoms with van der Waals surface area (Å²) < 4.78 is 2.09. The van der Waals surface area contributed by atoms with Gasteiger partial charge in [0.15, 0.2) is 0 Å². The number of rotatable bonds is 5. The minimum absolute atomic E-state index is 0.891. The molecule has 0 fully saturated rings. The van der Waals surface area contributed by atoms with E-state index in [1.807, 2.05) is 7.05 Å². The number of aromatic nitrogens is 2. The third-order valence-corrected chi connectivity index (χ3v) is 2.82. The maximum Gasteiger partial charge on any atom is 0.137 e. The highest BCUT2D eigenvalue weighted by molar-refractivity contribution is 5.41. The highest BCUT2D eigenvalue weighted by Crippen LogP contribution is 2.08. The molecule has 0 saturated carbocycles. The van der Waals surface area contributed by atoms with Gasteiger partial charge in [0.25, 0.3) is 0 Å². The third kappa shape index (κ3) is 3.05. The SMILES string of the molecule is CNCCN(C)Cc1cn2cc(C)ccc2n1. The van der Waals surface area contributed by atoms with Gasteiger partial charge in [-0.1, -0.05) is 6.07 Å². The van der Waals surface area contributed by atoms with E-state index in [2.05, 4.69) is 58.1 Å². The van der Waals surface area contributed by atoms with E-state index < -0.39 is 0 Å². The maximum absolute atomic E-state index is 4.60. The molecular formula is C13H20N4. The fraction of sp³-hybridized carbons (Fsp3) is 0.462. The minimum atomic E-state index is 0.891. The lowest BCUT2D eigenvalue weighted by atomic mass is 10.3. The Morgan fingerprint density at radius 2 is 2.18 bits per heavy atom. The van der Waals surface area contributed by atoms with Crippen molar-refractivity contribution in [1.29, 1.82) is 0 Å². The Labute approximate surface area is 102 Å². The van der Waals surface area contributed by atoms with Crippen LogP contribution >= 0.6 is 0 Å². The van der Waals surface area contributed by atoms with Crippen LogP contribution in [0.5, 0.6) is 0 Å². The molecule has 1 N–H and O–H groups in total. The molecule has 0 spiro atoms. The molecule has 4 heteroatoms. The van der Waals surface area contributed by atoms with E-state index >= 15 is 0 Å². The first-order valence-corrected chi connectivity index (χ1v) is 5.96. The number of nitrogens with zero attached hydrogens (tertiary/aromatic N) is 3. The second-order valence-electron chi connectivity index (χ2n) is 4.55. The zero-order valence-electron chi connectivity index (χ0n) is 10.8. The van der Waals surface area contributed by atoms with Crippen LogP contribution in [-0.4, -0.2) is 41.5 Å². The van der Waals surface area contributed by atoms with Crippen molar-refractivity contribution < 1.29 is 0 Å². The zero-order valence-corrected chi connectivity index (χ0v) is 10.8. The molecule has 0 aliphatic rings. The van der Waals surface area contributed by atoms with Crippen LogP contribution in [0, 0.1) is 6.92 Å². The van der Waals surface area contributed by atoms with Crippen LogP contribution in [0.2, 0.25) is 0 Å². The minimum Gasteiger partial charge on any atom is -0.318 e. The smallest absolute Gasteiger partial charge is 0.137 e. The quantitative estimate of drug-likeness (QED) is 0.843. The Balaban J connectivity index is 2.08. The van der Waals surface area contributed by atoms with E-state index in [0.717, 1.165) is 31.0 Å². The van der Waals surface area contributed by atoms with Crippen molar-refractivity contribution in [2.75, 3.05) is 27.2 Å². The van der Waals surface area contributed by atoms with Crippen molar-refractivity contribution >= 4 is 5.65 Å². The molecule has 0 aliphatic heterocycles. The van der Waals surface area contributed by atoms with E-state index in [4.69, 9.17) is 0 Å². The normalized spacial score (nSPS) is 11.5. The van der Waals surface area contributed by atoms with Crippen molar-refractivity contribution in [1.82, 2.24) is 19.6 Å². The lowest BCUT2D eigenvalue weighted by Gasteiger charge is -2.14. The fourth-order valence-electron chi connectivity index (χ4n) is 1.89. The first kappa shape index (κ1) is 12.1. The van der Waals surface area contributed by atoms with E-state index in [9.17, 15) is 0 Å². The summed E-state index contributed by atoms with van der Waals surface area (Å²) in [6.07, 6.45) is 4.22. The average molecular weight is 232 g/mol. The Morgan fingerprint density at radius 3 is 2.94 bits per heavy atom. The molecule has 0 atom stereocenters. The number of hydrogen-bond donors (Lipinski definition) is 1. The Bertz CT molecular complexity index is 489. The lowest BCUT2D eigenvalue weighted by molar-refractivity contribution is 0.325. The number of pyridine rings is 1. The standard InChI is InChI=1S/C13H20N4/c1-11-4-5-13-15-12(10-17(13)8-11)9-16(3)7-6-14-2/h4-5,8,10,14H,6-7,9H2,1-3H3. The summed E-state index contributed by atoms with van der Waals surface area (Å²) in [6, 6.07) is 4.16. The van der Waals surface area contributed by atoms with Crippen molar-refractivity contribution in [3.63, 3.8) is 0 Å². The topological polar surface area (TPSA) is 32.6 Å². The third-order valence-electron chi connectivity index (χ3n) is 2.82. The van der Waals surface area contributed by atoms with Gasteiger partial charge in [-0.2, -0.15) is 0 Å². The van der Waals surface area contributed by atoms with Gasteiger partial charge in [0.05, 0.1) is 5.69 Å². The summed E-state index contributed by atoms with van der Waals surface area (Å²) in [7, 11) is 4.09. The molecule has 0 amide bonds. The largest absolute Gasteiger partial charge is 0.318 e. The van der Waals surface area contributed by atoms with Crippen LogP contribution in [0.1, 0.15) is 11.3 Å². The van der Waals surface area contributed by atoms with Crippen molar-refractivity contribution in [2.45, 2.75) is 13.5 Å². The van der Waals surface area contributed by atoms with Gasteiger partial charge in [-0.25, -0.2) is 4.98 Å². The molecule has 2 rings (SSSR count). The number of fused-ring (bicyclic) bond motifs is 1.